The maximum absolute atomic E-state index is 11.1. The number of nitrogens with zero attached hydrogens (tertiary/aromatic N) is 1. The molecule has 0 aliphatic carbocycles. The van der Waals surface area contributed by atoms with E-state index in [1.807, 2.05) is 0 Å². The number of hydrogen-bond acceptors (Lipinski definition) is 4. The lowest BCUT2D eigenvalue weighted by Crippen LogP contribution is -2.26. The van der Waals surface area contributed by atoms with Crippen LogP contribution in [0.3, 0.4) is 0 Å². The molecule has 7 heteroatoms. The van der Waals surface area contributed by atoms with E-state index in [0.717, 1.165) is 0 Å². The van der Waals surface area contributed by atoms with Crippen LogP contribution in [0.2, 0.25) is 0 Å². The molecule has 1 rings (SSSR count). The summed E-state index contributed by atoms with van der Waals surface area (Å²) in [5, 5.41) is 10.4. The van der Waals surface area contributed by atoms with Gasteiger partial charge in [-0.1, -0.05) is 12.1 Å². The minimum Gasteiger partial charge on any atom is -0.370 e. The number of non-ortho nitro benzene ring substituents is 1. The molecule has 0 saturated heterocycles. The van der Waals surface area contributed by atoms with Gasteiger partial charge in [-0.3, -0.25) is 19.7 Å². The molecule has 0 radical (unpaired) electrons. The van der Waals surface area contributed by atoms with Crippen molar-refractivity contribution in [2.24, 2.45) is 11.5 Å². The Morgan fingerprint density at radius 2 is 1.76 bits per heavy atom. The molecule has 7 nitrogen and oxygen atoms in total. The molecule has 0 aliphatic rings. The Morgan fingerprint density at radius 3 is 2.12 bits per heavy atom. The standard InChI is InChI=1S/C10H11N3O4/c11-9(14)5-8(10(12)15)6-1-3-7(4-2-6)13(16)17/h1-4,8H,5H2,(H2,11,14)(H2,12,15). The van der Waals surface area contributed by atoms with Crippen molar-refractivity contribution in [3.05, 3.63) is 39.9 Å². The lowest BCUT2D eigenvalue weighted by atomic mass is 9.94. The molecule has 17 heavy (non-hydrogen) atoms. The second-order valence-corrected chi connectivity index (χ2v) is 3.47. The number of nitro benzene ring substituents is 1. The second kappa shape index (κ2) is 5.06. The van der Waals surface area contributed by atoms with Crippen LogP contribution in [-0.2, 0) is 9.59 Å². The van der Waals surface area contributed by atoms with Gasteiger partial charge in [0.1, 0.15) is 0 Å². The van der Waals surface area contributed by atoms with Crippen molar-refractivity contribution >= 4 is 17.5 Å². The predicted molar refractivity (Wildman–Crippen MR) is 58.8 cm³/mol. The fraction of sp³-hybridized carbons (Fsp3) is 0.200. The zero-order valence-electron chi connectivity index (χ0n) is 8.83. The van der Waals surface area contributed by atoms with Crippen LogP contribution < -0.4 is 11.5 Å². The van der Waals surface area contributed by atoms with Crippen molar-refractivity contribution < 1.29 is 14.5 Å². The maximum atomic E-state index is 11.1. The minimum atomic E-state index is -0.853. The van der Waals surface area contributed by atoms with Gasteiger partial charge in [0, 0.05) is 18.6 Å². The van der Waals surface area contributed by atoms with Crippen LogP contribution in [0, 0.1) is 10.1 Å². The number of primary amides is 2. The van der Waals surface area contributed by atoms with Crippen LogP contribution in [0.25, 0.3) is 0 Å². The zero-order chi connectivity index (χ0) is 13.0. The summed E-state index contributed by atoms with van der Waals surface area (Å²) in [5.74, 6) is -2.21. The molecule has 4 N–H and O–H groups in total. The topological polar surface area (TPSA) is 129 Å². The van der Waals surface area contributed by atoms with Crippen molar-refractivity contribution in [1.82, 2.24) is 0 Å². The van der Waals surface area contributed by atoms with Gasteiger partial charge in [0.15, 0.2) is 0 Å². The third-order valence-corrected chi connectivity index (χ3v) is 2.26. The summed E-state index contributed by atoms with van der Waals surface area (Å²) in [6.07, 6.45) is -0.215. The van der Waals surface area contributed by atoms with E-state index < -0.39 is 22.7 Å². The number of nitrogens with two attached hydrogens (primary N) is 2. The fourth-order valence-corrected chi connectivity index (χ4v) is 1.41. The van der Waals surface area contributed by atoms with E-state index in [0.29, 0.717) is 5.56 Å². The molecular weight excluding hydrogens is 226 g/mol. The van der Waals surface area contributed by atoms with E-state index in [1.54, 1.807) is 0 Å². The Bertz CT molecular complexity index is 455. The summed E-state index contributed by atoms with van der Waals surface area (Å²) in [6, 6.07) is 5.26. The number of carbonyl (C=O) groups excluding carboxylic acids is 2. The predicted octanol–water partition coefficient (Wildman–Crippen LogP) is 0.0391. The van der Waals surface area contributed by atoms with Crippen LogP contribution in [-0.4, -0.2) is 16.7 Å². The fourth-order valence-electron chi connectivity index (χ4n) is 1.41. The highest BCUT2D eigenvalue weighted by Crippen LogP contribution is 2.21. The summed E-state index contributed by atoms with van der Waals surface area (Å²) in [4.78, 5) is 31.8. The number of hydrogen-bond donors (Lipinski definition) is 2. The van der Waals surface area contributed by atoms with E-state index in [1.165, 1.54) is 24.3 Å². The molecule has 0 aliphatic heterocycles. The van der Waals surface area contributed by atoms with Crippen molar-refractivity contribution in [1.29, 1.82) is 0 Å². The Labute approximate surface area is 96.5 Å². The van der Waals surface area contributed by atoms with Gasteiger partial charge in [0.2, 0.25) is 11.8 Å². The van der Waals surface area contributed by atoms with Gasteiger partial charge >= 0.3 is 0 Å². The highest BCUT2D eigenvalue weighted by atomic mass is 16.6. The third-order valence-electron chi connectivity index (χ3n) is 2.26. The van der Waals surface area contributed by atoms with Crippen LogP contribution in [0.15, 0.2) is 24.3 Å². The van der Waals surface area contributed by atoms with Gasteiger partial charge in [-0.15, -0.1) is 0 Å². The number of amides is 2. The molecule has 90 valence electrons. The Morgan fingerprint density at radius 1 is 1.24 bits per heavy atom. The molecule has 2 amide bonds. The average molecular weight is 237 g/mol. The molecule has 1 aromatic carbocycles. The van der Waals surface area contributed by atoms with E-state index in [9.17, 15) is 19.7 Å². The van der Waals surface area contributed by atoms with Crippen LogP contribution >= 0.6 is 0 Å². The SMILES string of the molecule is NC(=O)CC(C(N)=O)c1ccc([N+](=O)[O-])cc1. The first-order valence-corrected chi connectivity index (χ1v) is 4.73. The largest absolute Gasteiger partial charge is 0.370 e. The van der Waals surface area contributed by atoms with Gasteiger partial charge in [-0.25, -0.2) is 0 Å². The van der Waals surface area contributed by atoms with Gasteiger partial charge in [0.25, 0.3) is 5.69 Å². The Hall–Kier alpha value is -2.44. The molecule has 1 unspecified atom stereocenters. The van der Waals surface area contributed by atoms with Crippen LogP contribution in [0.5, 0.6) is 0 Å². The molecule has 0 aromatic heterocycles. The monoisotopic (exact) mass is 237 g/mol. The van der Waals surface area contributed by atoms with Crippen molar-refractivity contribution in [2.45, 2.75) is 12.3 Å². The highest BCUT2D eigenvalue weighted by Gasteiger charge is 2.20. The Balaban J connectivity index is 2.99. The summed E-state index contributed by atoms with van der Waals surface area (Å²) in [5.41, 5.74) is 10.5. The Kier molecular flexibility index (Phi) is 3.76. The van der Waals surface area contributed by atoms with E-state index >= 15 is 0 Å². The minimum absolute atomic E-state index is 0.101. The van der Waals surface area contributed by atoms with E-state index in [2.05, 4.69) is 0 Å². The molecule has 1 aromatic rings. The molecular formula is C10H11N3O4. The number of nitro groups is 1. The average Bonchev–Trinajstić information content (AvgIpc) is 2.25. The van der Waals surface area contributed by atoms with Crippen LogP contribution in [0.4, 0.5) is 5.69 Å². The normalized spacial score (nSPS) is 11.8. The van der Waals surface area contributed by atoms with Crippen LogP contribution in [0.1, 0.15) is 17.9 Å². The molecule has 0 saturated carbocycles. The lowest BCUT2D eigenvalue weighted by Gasteiger charge is -2.11. The van der Waals surface area contributed by atoms with Crippen molar-refractivity contribution in [2.75, 3.05) is 0 Å². The summed E-state index contributed by atoms with van der Waals surface area (Å²) < 4.78 is 0. The van der Waals surface area contributed by atoms with Gasteiger partial charge in [-0.2, -0.15) is 0 Å². The molecule has 0 bridgehead atoms. The number of benzene rings is 1. The molecule has 0 spiro atoms. The summed E-state index contributed by atoms with van der Waals surface area (Å²) in [7, 11) is 0. The van der Waals surface area contributed by atoms with Gasteiger partial charge in [0.05, 0.1) is 10.8 Å². The molecule has 0 heterocycles. The van der Waals surface area contributed by atoms with Crippen molar-refractivity contribution in [3.63, 3.8) is 0 Å². The van der Waals surface area contributed by atoms with E-state index in [-0.39, 0.29) is 12.1 Å². The van der Waals surface area contributed by atoms with Gasteiger partial charge in [-0.05, 0) is 5.56 Å². The number of rotatable bonds is 5. The van der Waals surface area contributed by atoms with E-state index in [4.69, 9.17) is 11.5 Å². The molecule has 1 atom stereocenters. The smallest absolute Gasteiger partial charge is 0.269 e. The first kappa shape index (κ1) is 12.6. The number of carbonyl (C=O) groups is 2. The molecule has 0 fully saturated rings. The first-order chi connectivity index (χ1) is 7.91. The van der Waals surface area contributed by atoms with Crippen molar-refractivity contribution in [3.8, 4) is 0 Å². The quantitative estimate of drug-likeness (QED) is 0.553. The highest BCUT2D eigenvalue weighted by molar-refractivity contribution is 5.88. The van der Waals surface area contributed by atoms with Gasteiger partial charge < -0.3 is 11.5 Å². The summed E-state index contributed by atoms with van der Waals surface area (Å²) >= 11 is 0. The lowest BCUT2D eigenvalue weighted by molar-refractivity contribution is -0.384. The maximum Gasteiger partial charge on any atom is 0.269 e. The third kappa shape index (κ3) is 3.26. The second-order valence-electron chi connectivity index (χ2n) is 3.47. The first-order valence-electron chi connectivity index (χ1n) is 4.73. The zero-order valence-corrected chi connectivity index (χ0v) is 8.83. The summed E-state index contributed by atoms with van der Waals surface area (Å²) in [6.45, 7) is 0.